The number of hydrogen-bond donors (Lipinski definition) is 0. The van der Waals surface area contributed by atoms with Crippen molar-refractivity contribution < 1.29 is 14.3 Å². The number of carbonyl (C=O) groups excluding carboxylic acids is 1. The highest BCUT2D eigenvalue weighted by Gasteiger charge is 2.79. The Kier molecular flexibility index (Phi) is 5.71. The van der Waals surface area contributed by atoms with Gasteiger partial charge in [-0.05, 0) is 91.4 Å². The molecular weight excluding hydrogens is 408 g/mol. The molecule has 1 aliphatic heterocycles. The number of fused-ring (bicyclic) bond motifs is 3. The molecule has 1 saturated heterocycles. The summed E-state index contributed by atoms with van der Waals surface area (Å²) >= 11 is 0. The zero-order chi connectivity index (χ0) is 23.8. The van der Waals surface area contributed by atoms with E-state index in [2.05, 4.69) is 59.8 Å². The monoisotopic (exact) mass is 454 g/mol. The Morgan fingerprint density at radius 3 is 2.58 bits per heavy atom. The number of allylic oxidation sites excluding steroid dienone is 3. The summed E-state index contributed by atoms with van der Waals surface area (Å²) < 4.78 is 12.3. The third-order valence-electron chi connectivity index (χ3n) is 11.3. The van der Waals surface area contributed by atoms with E-state index in [-0.39, 0.29) is 23.1 Å². The molecule has 4 aliphatic carbocycles. The molecule has 0 amide bonds. The van der Waals surface area contributed by atoms with Crippen LogP contribution >= 0.6 is 0 Å². The van der Waals surface area contributed by atoms with Crippen molar-refractivity contribution in [1.29, 1.82) is 0 Å². The molecule has 3 heteroatoms. The highest BCUT2D eigenvalue weighted by Crippen LogP contribution is 2.76. The van der Waals surface area contributed by atoms with E-state index in [0.717, 1.165) is 19.3 Å². The van der Waals surface area contributed by atoms with Crippen LogP contribution in [0.25, 0.3) is 0 Å². The Balaban J connectivity index is 1.38. The second kappa shape index (κ2) is 7.97. The molecule has 0 N–H and O–H groups in total. The molecule has 3 nitrogen and oxygen atoms in total. The maximum Gasteiger partial charge on any atom is 0.302 e. The number of epoxide rings is 1. The number of rotatable bonds is 5. The average molecular weight is 455 g/mol. The predicted molar refractivity (Wildman–Crippen MR) is 133 cm³/mol. The molecule has 0 aromatic heterocycles. The van der Waals surface area contributed by atoms with Crippen LogP contribution in [0.1, 0.15) is 93.4 Å². The lowest BCUT2D eigenvalue weighted by Crippen LogP contribution is -2.54. The predicted octanol–water partition coefficient (Wildman–Crippen LogP) is 7.11. The van der Waals surface area contributed by atoms with E-state index in [0.29, 0.717) is 47.0 Å². The first-order chi connectivity index (χ1) is 15.5. The molecule has 33 heavy (non-hydrogen) atoms. The number of esters is 1. The first kappa shape index (κ1) is 23.6. The number of ether oxygens (including phenoxy) is 2. The van der Waals surface area contributed by atoms with Gasteiger partial charge in [0.05, 0.1) is 6.10 Å². The van der Waals surface area contributed by atoms with Crippen LogP contribution in [0.3, 0.4) is 0 Å². The summed E-state index contributed by atoms with van der Waals surface area (Å²) in [5, 5.41) is 0. The van der Waals surface area contributed by atoms with E-state index < -0.39 is 0 Å². The van der Waals surface area contributed by atoms with Gasteiger partial charge in [0.15, 0.2) is 0 Å². The topological polar surface area (TPSA) is 38.8 Å². The van der Waals surface area contributed by atoms with Crippen LogP contribution in [-0.4, -0.2) is 23.8 Å². The van der Waals surface area contributed by atoms with Crippen molar-refractivity contribution in [2.45, 2.75) is 111 Å². The van der Waals surface area contributed by atoms with Gasteiger partial charge in [-0.25, -0.2) is 0 Å². The quantitative estimate of drug-likeness (QED) is 0.252. The Hall–Kier alpha value is -1.09. The summed E-state index contributed by atoms with van der Waals surface area (Å²) in [6, 6.07) is 0. The fraction of sp³-hybridized carbons (Fsp3) is 0.833. The van der Waals surface area contributed by atoms with Crippen LogP contribution in [-0.2, 0) is 14.3 Å². The molecular formula is C30H46O3. The van der Waals surface area contributed by atoms with Gasteiger partial charge >= 0.3 is 5.97 Å². The van der Waals surface area contributed by atoms with Crippen molar-refractivity contribution in [3.05, 3.63) is 23.8 Å². The molecule has 1 heterocycles. The maximum atomic E-state index is 11.5. The van der Waals surface area contributed by atoms with Gasteiger partial charge in [-0.2, -0.15) is 0 Å². The van der Waals surface area contributed by atoms with Gasteiger partial charge in [0.2, 0.25) is 0 Å². The van der Waals surface area contributed by atoms with Gasteiger partial charge in [-0.15, -0.1) is 0 Å². The van der Waals surface area contributed by atoms with Crippen molar-refractivity contribution in [3.8, 4) is 0 Å². The lowest BCUT2D eigenvalue weighted by atomic mass is 9.47. The largest absolute Gasteiger partial charge is 0.463 e. The van der Waals surface area contributed by atoms with Crippen molar-refractivity contribution in [2.24, 2.45) is 46.3 Å². The van der Waals surface area contributed by atoms with Gasteiger partial charge in [-0.3, -0.25) is 4.79 Å². The lowest BCUT2D eigenvalue weighted by molar-refractivity contribution is -0.152. The lowest BCUT2D eigenvalue weighted by Gasteiger charge is -2.58. The van der Waals surface area contributed by atoms with Gasteiger partial charge in [0, 0.05) is 12.3 Å². The van der Waals surface area contributed by atoms with Crippen LogP contribution in [0.4, 0.5) is 0 Å². The summed E-state index contributed by atoms with van der Waals surface area (Å²) in [4.78, 5) is 11.5. The van der Waals surface area contributed by atoms with Crippen molar-refractivity contribution in [1.82, 2.24) is 0 Å². The molecule has 3 saturated carbocycles. The van der Waals surface area contributed by atoms with Crippen molar-refractivity contribution in [2.75, 3.05) is 0 Å². The zero-order valence-corrected chi connectivity index (χ0v) is 22.0. The summed E-state index contributed by atoms with van der Waals surface area (Å²) in [7, 11) is 0. The SMILES string of the molecule is CC(=O)O[C@H]1CC[C@@]2(C)[C@@H](CC=C3[C@@H]2CC[C@]2(C)[C@@H]([C@H](C)C=C[C@H](C)C(C)C)C[C@@H]4O[C@@]342)C1. The van der Waals surface area contributed by atoms with E-state index in [4.69, 9.17) is 9.47 Å². The van der Waals surface area contributed by atoms with Crippen LogP contribution in [0.15, 0.2) is 23.8 Å². The molecule has 0 aromatic carbocycles. The molecule has 5 aliphatic rings. The third kappa shape index (κ3) is 3.42. The summed E-state index contributed by atoms with van der Waals surface area (Å²) in [6.07, 6.45) is 16.3. The maximum absolute atomic E-state index is 11.5. The molecule has 10 atom stereocenters. The summed E-state index contributed by atoms with van der Waals surface area (Å²) in [5.41, 5.74) is 2.25. The second-order valence-corrected chi connectivity index (χ2v) is 13.1. The number of carbonyl (C=O) groups is 1. The van der Waals surface area contributed by atoms with Crippen LogP contribution in [0, 0.1) is 46.3 Å². The minimum Gasteiger partial charge on any atom is -0.463 e. The van der Waals surface area contributed by atoms with E-state index >= 15 is 0 Å². The molecule has 0 radical (unpaired) electrons. The van der Waals surface area contributed by atoms with Crippen LogP contribution < -0.4 is 0 Å². The van der Waals surface area contributed by atoms with Gasteiger partial charge in [0.1, 0.15) is 11.7 Å². The standard InChI is InChI=1S/C30H46O3/c1-18(2)19(3)8-9-20(4)26-17-27-30(33-27)25-11-10-22-16-23(32-21(5)31)12-14-28(22,6)24(25)13-15-29(26,30)7/h8-9,11,18-20,22-24,26-27H,10,12-17H2,1-7H3/t19-,20+,22-,23-,24-,26+,27-,28-,29+,30-/m0/s1. The molecule has 0 bridgehead atoms. The van der Waals surface area contributed by atoms with E-state index in [1.165, 1.54) is 25.7 Å². The Bertz CT molecular complexity index is 857. The molecule has 184 valence electrons. The summed E-state index contributed by atoms with van der Waals surface area (Å²) in [5.74, 6) is 3.78. The Morgan fingerprint density at radius 1 is 1.12 bits per heavy atom. The van der Waals surface area contributed by atoms with Crippen molar-refractivity contribution >= 4 is 5.97 Å². The van der Waals surface area contributed by atoms with E-state index in [9.17, 15) is 4.79 Å². The first-order valence-corrected chi connectivity index (χ1v) is 13.8. The fourth-order valence-corrected chi connectivity index (χ4v) is 8.78. The molecule has 5 rings (SSSR count). The third-order valence-corrected chi connectivity index (χ3v) is 11.3. The molecule has 0 unspecified atom stereocenters. The molecule has 0 aromatic rings. The highest BCUT2D eigenvalue weighted by atomic mass is 16.6. The van der Waals surface area contributed by atoms with Gasteiger partial charge < -0.3 is 9.47 Å². The van der Waals surface area contributed by atoms with Gasteiger partial charge in [0.25, 0.3) is 0 Å². The minimum absolute atomic E-state index is 0.00700. The van der Waals surface area contributed by atoms with Crippen LogP contribution in [0.5, 0.6) is 0 Å². The normalized spacial score (nSPS) is 47.8. The fourth-order valence-electron chi connectivity index (χ4n) is 8.78. The van der Waals surface area contributed by atoms with E-state index in [1.807, 2.05) is 0 Å². The Morgan fingerprint density at radius 2 is 1.88 bits per heavy atom. The Labute approximate surface area is 201 Å². The number of hydrogen-bond acceptors (Lipinski definition) is 3. The molecule has 1 spiro atoms. The zero-order valence-electron chi connectivity index (χ0n) is 22.0. The van der Waals surface area contributed by atoms with Gasteiger partial charge in [-0.1, -0.05) is 59.8 Å². The smallest absolute Gasteiger partial charge is 0.302 e. The van der Waals surface area contributed by atoms with E-state index in [1.54, 1.807) is 12.5 Å². The highest BCUT2D eigenvalue weighted by molar-refractivity contribution is 5.66. The first-order valence-electron chi connectivity index (χ1n) is 13.8. The minimum atomic E-state index is -0.125. The van der Waals surface area contributed by atoms with Crippen LogP contribution in [0.2, 0.25) is 0 Å². The average Bonchev–Trinajstić information content (AvgIpc) is 3.41. The van der Waals surface area contributed by atoms with Crippen molar-refractivity contribution in [3.63, 3.8) is 0 Å². The summed E-state index contributed by atoms with van der Waals surface area (Å²) in [6.45, 7) is 16.1. The second-order valence-electron chi connectivity index (χ2n) is 13.1. The molecule has 4 fully saturated rings.